The summed E-state index contributed by atoms with van der Waals surface area (Å²) in [6.45, 7) is 6.76. The van der Waals surface area contributed by atoms with Crippen LogP contribution in [0.2, 0.25) is 0 Å². The van der Waals surface area contributed by atoms with Crippen LogP contribution in [0.3, 0.4) is 0 Å². The highest BCUT2D eigenvalue weighted by Crippen LogP contribution is 2.31. The highest BCUT2D eigenvalue weighted by Gasteiger charge is 2.13. The van der Waals surface area contributed by atoms with Gasteiger partial charge in [0.25, 0.3) is 0 Å². The van der Waals surface area contributed by atoms with Crippen LogP contribution in [0.5, 0.6) is 0 Å². The lowest BCUT2D eigenvalue weighted by Crippen LogP contribution is -2.00. The molecule has 0 saturated carbocycles. The summed E-state index contributed by atoms with van der Waals surface area (Å²) < 4.78 is 0. The minimum absolute atomic E-state index is 0.569. The Hall–Kier alpha value is -1.56. The van der Waals surface area contributed by atoms with Crippen LogP contribution in [0, 0.1) is 5.92 Å². The third-order valence-electron chi connectivity index (χ3n) is 3.83. The highest BCUT2D eigenvalue weighted by molar-refractivity contribution is 5.79. The van der Waals surface area contributed by atoms with Gasteiger partial charge in [-0.05, 0) is 42.4 Å². The first-order chi connectivity index (χ1) is 8.77. The lowest BCUT2D eigenvalue weighted by atomic mass is 9.88. The molecule has 0 saturated heterocycles. The van der Waals surface area contributed by atoms with E-state index in [0.717, 1.165) is 6.42 Å². The maximum atomic E-state index is 2.31. The second kappa shape index (κ2) is 5.86. The molecule has 0 heterocycles. The van der Waals surface area contributed by atoms with E-state index in [4.69, 9.17) is 0 Å². The largest absolute Gasteiger partial charge is 0.0773 e. The Balaban J connectivity index is 2.54. The average Bonchev–Trinajstić information content (AvgIpc) is 2.60. The molecule has 1 aromatic carbocycles. The number of hydrogen-bond donors (Lipinski definition) is 0. The molecule has 1 aromatic rings. The number of rotatable bonds is 3. The standard InChI is InChI=1S/C18H22/c1-4-15-10-6-8-12-17(14(15)3)18-13-9-7-11-16(18)5-2/h6-13,15H,4-5H2,1-3H3. The van der Waals surface area contributed by atoms with Gasteiger partial charge >= 0.3 is 0 Å². The van der Waals surface area contributed by atoms with E-state index >= 15 is 0 Å². The lowest BCUT2D eigenvalue weighted by Gasteiger charge is -2.16. The van der Waals surface area contributed by atoms with E-state index in [-0.39, 0.29) is 0 Å². The quantitative estimate of drug-likeness (QED) is 0.681. The van der Waals surface area contributed by atoms with Gasteiger partial charge in [-0.25, -0.2) is 0 Å². The molecule has 94 valence electrons. The van der Waals surface area contributed by atoms with Crippen LogP contribution in [-0.4, -0.2) is 0 Å². The third-order valence-corrected chi connectivity index (χ3v) is 3.83. The van der Waals surface area contributed by atoms with Crippen LogP contribution in [0.15, 0.2) is 54.1 Å². The fourth-order valence-corrected chi connectivity index (χ4v) is 2.66. The number of allylic oxidation sites excluding steroid dienone is 6. The van der Waals surface area contributed by atoms with E-state index in [0.29, 0.717) is 5.92 Å². The molecule has 18 heavy (non-hydrogen) atoms. The Kier molecular flexibility index (Phi) is 4.19. The van der Waals surface area contributed by atoms with Crippen molar-refractivity contribution in [1.82, 2.24) is 0 Å². The van der Waals surface area contributed by atoms with Crippen molar-refractivity contribution in [2.24, 2.45) is 5.92 Å². The molecule has 0 aromatic heterocycles. The lowest BCUT2D eigenvalue weighted by molar-refractivity contribution is 0.730. The number of hydrogen-bond acceptors (Lipinski definition) is 0. The first-order valence-corrected chi connectivity index (χ1v) is 6.91. The highest BCUT2D eigenvalue weighted by atomic mass is 14.2. The number of aryl methyl sites for hydroxylation is 1. The monoisotopic (exact) mass is 238 g/mol. The first kappa shape index (κ1) is 12.9. The van der Waals surface area contributed by atoms with Gasteiger partial charge in [-0.2, -0.15) is 0 Å². The van der Waals surface area contributed by atoms with E-state index in [2.05, 4.69) is 69.3 Å². The molecule has 1 unspecified atom stereocenters. The molecule has 0 bridgehead atoms. The minimum atomic E-state index is 0.569. The maximum absolute atomic E-state index is 2.31. The van der Waals surface area contributed by atoms with Gasteiger partial charge in [0.15, 0.2) is 0 Å². The van der Waals surface area contributed by atoms with Gasteiger partial charge in [0.2, 0.25) is 0 Å². The predicted octanol–water partition coefficient (Wildman–Crippen LogP) is 5.17. The van der Waals surface area contributed by atoms with Crippen molar-refractivity contribution >= 4 is 5.57 Å². The van der Waals surface area contributed by atoms with Gasteiger partial charge in [-0.1, -0.05) is 68.0 Å². The molecule has 0 aliphatic heterocycles. The van der Waals surface area contributed by atoms with Crippen LogP contribution in [0.4, 0.5) is 0 Å². The fraction of sp³-hybridized carbons (Fsp3) is 0.333. The third kappa shape index (κ3) is 2.48. The van der Waals surface area contributed by atoms with Gasteiger partial charge < -0.3 is 0 Å². The molecule has 0 heteroatoms. The van der Waals surface area contributed by atoms with Crippen LogP contribution in [0.25, 0.3) is 5.57 Å². The topological polar surface area (TPSA) is 0 Å². The number of benzene rings is 1. The summed E-state index contributed by atoms with van der Waals surface area (Å²) in [7, 11) is 0. The Morgan fingerprint density at radius 1 is 1.06 bits per heavy atom. The maximum Gasteiger partial charge on any atom is -0.00163 e. The van der Waals surface area contributed by atoms with Crippen molar-refractivity contribution < 1.29 is 0 Å². The summed E-state index contributed by atoms with van der Waals surface area (Å²) in [4.78, 5) is 0. The minimum Gasteiger partial charge on any atom is -0.0773 e. The molecule has 2 rings (SSSR count). The summed E-state index contributed by atoms with van der Waals surface area (Å²) in [5.74, 6) is 0.569. The van der Waals surface area contributed by atoms with E-state index in [1.54, 1.807) is 0 Å². The normalized spacial score (nSPS) is 19.2. The van der Waals surface area contributed by atoms with Gasteiger partial charge in [0.05, 0.1) is 0 Å². The molecule has 1 aliphatic carbocycles. The molecule has 0 spiro atoms. The van der Waals surface area contributed by atoms with E-state index in [9.17, 15) is 0 Å². The second-order valence-corrected chi connectivity index (χ2v) is 4.87. The van der Waals surface area contributed by atoms with Crippen LogP contribution < -0.4 is 0 Å². The Morgan fingerprint density at radius 2 is 1.83 bits per heavy atom. The zero-order valence-electron chi connectivity index (χ0n) is 11.6. The van der Waals surface area contributed by atoms with Crippen LogP contribution >= 0.6 is 0 Å². The zero-order chi connectivity index (χ0) is 13.0. The summed E-state index contributed by atoms with van der Waals surface area (Å²) in [6, 6.07) is 8.76. The second-order valence-electron chi connectivity index (χ2n) is 4.87. The fourth-order valence-electron chi connectivity index (χ4n) is 2.66. The summed E-state index contributed by atoms with van der Waals surface area (Å²) in [5, 5.41) is 0. The first-order valence-electron chi connectivity index (χ1n) is 6.91. The zero-order valence-corrected chi connectivity index (χ0v) is 11.6. The summed E-state index contributed by atoms with van der Waals surface area (Å²) in [6.07, 6.45) is 11.2. The van der Waals surface area contributed by atoms with Gasteiger partial charge in [0, 0.05) is 0 Å². The smallest absolute Gasteiger partial charge is 0.00163 e. The van der Waals surface area contributed by atoms with Crippen molar-refractivity contribution in [3.63, 3.8) is 0 Å². The van der Waals surface area contributed by atoms with Gasteiger partial charge in [-0.3, -0.25) is 0 Å². The Labute approximate surface area is 111 Å². The van der Waals surface area contributed by atoms with Crippen molar-refractivity contribution in [1.29, 1.82) is 0 Å². The van der Waals surface area contributed by atoms with Gasteiger partial charge in [-0.15, -0.1) is 0 Å². The van der Waals surface area contributed by atoms with E-state index in [1.807, 2.05) is 0 Å². The molecule has 0 fully saturated rings. The van der Waals surface area contributed by atoms with Gasteiger partial charge in [0.1, 0.15) is 0 Å². The SMILES string of the molecule is CCc1ccccc1C1=C(C)C(CC)C=CC=C1. The Morgan fingerprint density at radius 3 is 2.56 bits per heavy atom. The molecule has 1 aliphatic rings. The van der Waals surface area contributed by atoms with Crippen molar-refractivity contribution in [3.8, 4) is 0 Å². The van der Waals surface area contributed by atoms with Crippen LogP contribution in [-0.2, 0) is 6.42 Å². The molecular weight excluding hydrogens is 216 g/mol. The Bertz CT molecular complexity index is 501. The molecule has 0 amide bonds. The molecule has 0 nitrogen and oxygen atoms in total. The predicted molar refractivity (Wildman–Crippen MR) is 80.5 cm³/mol. The van der Waals surface area contributed by atoms with Crippen molar-refractivity contribution in [2.45, 2.75) is 33.6 Å². The van der Waals surface area contributed by atoms with Crippen LogP contribution in [0.1, 0.15) is 38.3 Å². The summed E-state index contributed by atoms with van der Waals surface area (Å²) >= 11 is 0. The van der Waals surface area contributed by atoms with E-state index < -0.39 is 0 Å². The summed E-state index contributed by atoms with van der Waals surface area (Å²) in [5.41, 5.74) is 5.73. The molecule has 0 N–H and O–H groups in total. The molecular formula is C18H22. The van der Waals surface area contributed by atoms with E-state index in [1.165, 1.54) is 28.7 Å². The van der Waals surface area contributed by atoms with Crippen molar-refractivity contribution in [3.05, 3.63) is 65.3 Å². The molecule has 1 atom stereocenters. The van der Waals surface area contributed by atoms with Crippen molar-refractivity contribution in [2.75, 3.05) is 0 Å². The average molecular weight is 238 g/mol. The molecule has 0 radical (unpaired) electrons.